The first-order valence-electron chi connectivity index (χ1n) is 18.8. The molecule has 262 valence electrons. The molecular formula is C41H49N5O4. The second-order valence-electron chi connectivity index (χ2n) is 15.1. The molecule has 8 rings (SSSR count). The molecule has 3 atom stereocenters. The summed E-state index contributed by atoms with van der Waals surface area (Å²) >= 11 is 0. The first-order valence-corrected chi connectivity index (χ1v) is 18.8. The highest BCUT2D eigenvalue weighted by molar-refractivity contribution is 6.05. The molecule has 50 heavy (non-hydrogen) atoms. The van der Waals surface area contributed by atoms with Crippen LogP contribution < -0.4 is 15.1 Å². The maximum absolute atomic E-state index is 13.1. The van der Waals surface area contributed by atoms with Crippen LogP contribution in [0.25, 0.3) is 0 Å². The van der Waals surface area contributed by atoms with Crippen molar-refractivity contribution in [3.8, 4) is 5.75 Å². The van der Waals surface area contributed by atoms with Crippen LogP contribution in [0.3, 0.4) is 0 Å². The number of aryl methyl sites for hydroxylation is 1. The minimum Gasteiger partial charge on any atom is -0.508 e. The molecule has 3 unspecified atom stereocenters. The van der Waals surface area contributed by atoms with Crippen LogP contribution in [0.4, 0.5) is 11.4 Å². The van der Waals surface area contributed by atoms with E-state index in [0.717, 1.165) is 63.5 Å². The van der Waals surface area contributed by atoms with Crippen molar-refractivity contribution in [1.82, 2.24) is 15.1 Å². The molecule has 3 amide bonds. The standard InChI is InChI=1S/C41H49N5O4/c1-2-28-3-4-30-24-34(47)10-12-35(30)39(28)29-5-7-32(8-6-29)44-17-15-27(16-18-44)25-43-19-21-45(22-20-43)33-9-11-36-31(23-33)26-46(41(36)50)37-13-14-38(48)42-40(37)49/h5-12,23-24,27-28,37,39,47H,2-4,13-22,25-26H2,1H3,(H,42,48,49). The quantitative estimate of drug-likeness (QED) is 0.329. The zero-order chi connectivity index (χ0) is 34.4. The zero-order valence-corrected chi connectivity index (χ0v) is 29.2. The Morgan fingerprint density at radius 1 is 0.760 bits per heavy atom. The number of hydrogen-bond donors (Lipinski definition) is 2. The summed E-state index contributed by atoms with van der Waals surface area (Å²) in [5.41, 5.74) is 8.17. The lowest BCUT2D eigenvalue weighted by molar-refractivity contribution is -0.136. The zero-order valence-electron chi connectivity index (χ0n) is 29.2. The number of anilines is 2. The SMILES string of the molecule is CCC1CCc2cc(O)ccc2C1c1ccc(N2CCC(CN3CCN(c4ccc5c(c4)CN(C4CCC(=O)NC4=O)C5=O)CC3)CC2)cc1. The fraction of sp³-hybridized carbons (Fsp3) is 0.488. The van der Waals surface area contributed by atoms with Crippen molar-refractivity contribution in [1.29, 1.82) is 0 Å². The van der Waals surface area contributed by atoms with Crippen LogP contribution in [0, 0.1) is 11.8 Å². The van der Waals surface area contributed by atoms with E-state index in [2.05, 4.69) is 63.3 Å². The Balaban J connectivity index is 0.820. The Kier molecular flexibility index (Phi) is 9.02. The van der Waals surface area contributed by atoms with Crippen LogP contribution in [-0.2, 0) is 22.6 Å². The maximum Gasteiger partial charge on any atom is 0.255 e. The molecule has 0 aromatic heterocycles. The maximum atomic E-state index is 13.1. The Bertz CT molecular complexity index is 1760. The third-order valence-electron chi connectivity index (χ3n) is 12.2. The van der Waals surface area contributed by atoms with E-state index < -0.39 is 6.04 Å². The number of carbonyl (C=O) groups excluding carboxylic acids is 3. The Morgan fingerprint density at radius 2 is 1.50 bits per heavy atom. The molecule has 0 spiro atoms. The lowest BCUT2D eigenvalue weighted by Gasteiger charge is -2.40. The number of phenolic OH excluding ortho intramolecular Hbond substituents is 1. The van der Waals surface area contributed by atoms with Gasteiger partial charge in [-0.05, 0) is 109 Å². The summed E-state index contributed by atoms with van der Waals surface area (Å²) in [4.78, 5) is 46.4. The average Bonchev–Trinajstić information content (AvgIpc) is 3.46. The van der Waals surface area contributed by atoms with Gasteiger partial charge in [0, 0.05) is 81.6 Å². The van der Waals surface area contributed by atoms with E-state index in [1.165, 1.54) is 48.1 Å². The lowest BCUT2D eigenvalue weighted by Crippen LogP contribution is -2.52. The van der Waals surface area contributed by atoms with Crippen molar-refractivity contribution in [3.63, 3.8) is 0 Å². The first kappa shape index (κ1) is 32.8. The summed E-state index contributed by atoms with van der Waals surface area (Å²) < 4.78 is 0. The molecule has 4 aliphatic heterocycles. The Labute approximate surface area is 295 Å². The molecule has 3 aromatic rings. The highest BCUT2D eigenvalue weighted by Gasteiger charge is 2.39. The number of fused-ring (bicyclic) bond motifs is 2. The number of nitrogens with one attached hydrogen (secondary N) is 1. The fourth-order valence-electron chi connectivity index (χ4n) is 9.34. The van der Waals surface area contributed by atoms with Crippen molar-refractivity contribution in [3.05, 3.63) is 88.5 Å². The van der Waals surface area contributed by atoms with Gasteiger partial charge in [-0.15, -0.1) is 0 Å². The topological polar surface area (TPSA) is 96.4 Å². The minimum absolute atomic E-state index is 0.118. The Morgan fingerprint density at radius 3 is 2.24 bits per heavy atom. The van der Waals surface area contributed by atoms with E-state index in [1.807, 2.05) is 24.3 Å². The number of carbonyl (C=O) groups is 3. The van der Waals surface area contributed by atoms with Crippen molar-refractivity contribution in [2.24, 2.45) is 11.8 Å². The van der Waals surface area contributed by atoms with Crippen LogP contribution >= 0.6 is 0 Å². The van der Waals surface area contributed by atoms with Gasteiger partial charge in [0.05, 0.1) is 0 Å². The fourth-order valence-corrected chi connectivity index (χ4v) is 9.34. The summed E-state index contributed by atoms with van der Waals surface area (Å²) in [6, 6.07) is 20.8. The van der Waals surface area contributed by atoms with Gasteiger partial charge in [-0.25, -0.2) is 0 Å². The number of amides is 3. The lowest BCUT2D eigenvalue weighted by atomic mass is 9.71. The first-order chi connectivity index (χ1) is 24.3. The molecule has 9 heteroatoms. The molecule has 2 N–H and O–H groups in total. The van der Waals surface area contributed by atoms with Crippen LogP contribution in [0.15, 0.2) is 60.7 Å². The van der Waals surface area contributed by atoms with Gasteiger partial charge >= 0.3 is 0 Å². The van der Waals surface area contributed by atoms with Gasteiger partial charge in [0.1, 0.15) is 11.8 Å². The molecule has 0 bridgehead atoms. The predicted octanol–water partition coefficient (Wildman–Crippen LogP) is 5.30. The van der Waals surface area contributed by atoms with Gasteiger partial charge in [0.25, 0.3) is 5.91 Å². The minimum atomic E-state index is -0.580. The van der Waals surface area contributed by atoms with E-state index >= 15 is 0 Å². The number of piperidine rings is 2. The smallest absolute Gasteiger partial charge is 0.255 e. The second-order valence-corrected chi connectivity index (χ2v) is 15.1. The molecule has 3 fully saturated rings. The van der Waals surface area contributed by atoms with Crippen molar-refractivity contribution < 1.29 is 19.5 Å². The summed E-state index contributed by atoms with van der Waals surface area (Å²) in [6.07, 6.45) is 6.46. The van der Waals surface area contributed by atoms with Crippen molar-refractivity contribution >= 4 is 29.1 Å². The number of piperazine rings is 1. The van der Waals surface area contributed by atoms with Gasteiger partial charge in [-0.1, -0.05) is 31.5 Å². The number of hydrogen-bond acceptors (Lipinski definition) is 7. The van der Waals surface area contributed by atoms with Crippen LogP contribution in [-0.4, -0.2) is 84.5 Å². The van der Waals surface area contributed by atoms with Crippen molar-refractivity contribution in [2.45, 2.75) is 70.4 Å². The molecule has 4 heterocycles. The second kappa shape index (κ2) is 13.7. The van der Waals surface area contributed by atoms with E-state index in [-0.39, 0.29) is 24.1 Å². The largest absolute Gasteiger partial charge is 0.508 e. The summed E-state index contributed by atoms with van der Waals surface area (Å²) in [6.45, 7) is 10.0. The number of rotatable bonds is 7. The molecule has 9 nitrogen and oxygen atoms in total. The number of benzene rings is 3. The van der Waals surface area contributed by atoms with Gasteiger partial charge in [-0.3, -0.25) is 24.6 Å². The summed E-state index contributed by atoms with van der Waals surface area (Å²) in [5, 5.41) is 12.4. The van der Waals surface area contributed by atoms with Crippen LogP contribution in [0.1, 0.15) is 84.0 Å². The molecule has 0 saturated carbocycles. The van der Waals surface area contributed by atoms with E-state index in [1.54, 1.807) is 4.90 Å². The molecule has 3 aromatic carbocycles. The normalized spacial score (nSPS) is 24.7. The van der Waals surface area contributed by atoms with Crippen LogP contribution in [0.2, 0.25) is 0 Å². The molecule has 0 radical (unpaired) electrons. The summed E-state index contributed by atoms with van der Waals surface area (Å²) in [5.74, 6) is 1.36. The van der Waals surface area contributed by atoms with E-state index in [4.69, 9.17) is 0 Å². The third-order valence-corrected chi connectivity index (χ3v) is 12.2. The average molecular weight is 676 g/mol. The highest BCUT2D eigenvalue weighted by Crippen LogP contribution is 2.44. The highest BCUT2D eigenvalue weighted by atomic mass is 16.3. The molecule has 3 saturated heterocycles. The Hall–Kier alpha value is -4.37. The van der Waals surface area contributed by atoms with Crippen LogP contribution in [0.5, 0.6) is 5.75 Å². The van der Waals surface area contributed by atoms with Gasteiger partial charge < -0.3 is 19.8 Å². The van der Waals surface area contributed by atoms with Gasteiger partial charge in [0.15, 0.2) is 0 Å². The number of imide groups is 1. The van der Waals surface area contributed by atoms with Gasteiger partial charge in [0.2, 0.25) is 11.8 Å². The molecule has 5 aliphatic rings. The van der Waals surface area contributed by atoms with E-state index in [9.17, 15) is 19.5 Å². The number of nitrogens with zero attached hydrogens (tertiary/aromatic N) is 4. The van der Waals surface area contributed by atoms with E-state index in [0.29, 0.717) is 42.0 Å². The number of phenols is 1. The summed E-state index contributed by atoms with van der Waals surface area (Å²) in [7, 11) is 0. The number of aromatic hydroxyl groups is 1. The molecule has 1 aliphatic carbocycles. The monoisotopic (exact) mass is 675 g/mol. The third kappa shape index (κ3) is 6.36. The predicted molar refractivity (Wildman–Crippen MR) is 195 cm³/mol. The molecular weight excluding hydrogens is 626 g/mol. The van der Waals surface area contributed by atoms with Gasteiger partial charge in [-0.2, -0.15) is 0 Å². The van der Waals surface area contributed by atoms with Crippen molar-refractivity contribution in [2.75, 3.05) is 55.6 Å².